The molecule has 0 spiro atoms. The molecule has 4 rings (SSSR count). The van der Waals surface area contributed by atoms with Gasteiger partial charge in [-0.25, -0.2) is 9.37 Å². The van der Waals surface area contributed by atoms with E-state index < -0.39 is 0 Å². The van der Waals surface area contributed by atoms with Crippen LogP contribution in [0, 0.1) is 5.82 Å². The maximum atomic E-state index is 13.3. The van der Waals surface area contributed by atoms with Gasteiger partial charge in [-0.1, -0.05) is 0 Å². The summed E-state index contributed by atoms with van der Waals surface area (Å²) in [5.41, 5.74) is 1.79. The number of amides is 1. The van der Waals surface area contributed by atoms with Crippen LogP contribution in [-0.4, -0.2) is 59.0 Å². The molecule has 27 heavy (non-hydrogen) atoms. The van der Waals surface area contributed by atoms with Crippen molar-refractivity contribution < 1.29 is 18.3 Å². The minimum Gasteiger partial charge on any atom is -0.467 e. The third-order valence-corrected chi connectivity index (χ3v) is 4.61. The maximum absolute atomic E-state index is 13.3. The number of nitrogens with zero attached hydrogens (tertiary/aromatic N) is 3. The van der Waals surface area contributed by atoms with Crippen molar-refractivity contribution in [3.05, 3.63) is 53.5 Å². The molecule has 3 aromatic rings. The van der Waals surface area contributed by atoms with Crippen molar-refractivity contribution in [1.82, 2.24) is 19.8 Å². The summed E-state index contributed by atoms with van der Waals surface area (Å²) < 4.78 is 24.2. The highest BCUT2D eigenvalue weighted by atomic mass is 19.1. The Bertz CT molecular complexity index is 945. The number of carbonyl (C=O) groups is 1. The van der Waals surface area contributed by atoms with Gasteiger partial charge in [0.25, 0.3) is 5.91 Å². The number of nitrogens with one attached hydrogen (secondary N) is 1. The maximum Gasteiger partial charge on any atom is 0.257 e. The lowest BCUT2D eigenvalue weighted by atomic mass is 10.2. The number of hydrogen-bond donors (Lipinski definition) is 1. The Morgan fingerprint density at radius 3 is 2.96 bits per heavy atom. The summed E-state index contributed by atoms with van der Waals surface area (Å²) in [5, 5.41) is 0. The first-order chi connectivity index (χ1) is 13.1. The molecule has 1 fully saturated rings. The minimum absolute atomic E-state index is 0.154. The van der Waals surface area contributed by atoms with E-state index in [0.717, 1.165) is 32.1 Å². The lowest BCUT2D eigenvalue weighted by Gasteiger charge is -2.25. The largest absolute Gasteiger partial charge is 0.467 e. The van der Waals surface area contributed by atoms with E-state index in [4.69, 9.17) is 9.15 Å². The summed E-state index contributed by atoms with van der Waals surface area (Å²) in [5.74, 6) is 0.878. The third-order valence-electron chi connectivity index (χ3n) is 4.61. The predicted molar refractivity (Wildman–Crippen MR) is 96.7 cm³/mol. The number of aromatic nitrogens is 2. The number of benzene rings is 1. The van der Waals surface area contributed by atoms with Crippen LogP contribution in [0.2, 0.25) is 0 Å². The van der Waals surface area contributed by atoms with Crippen LogP contribution in [0.1, 0.15) is 21.9 Å². The van der Waals surface area contributed by atoms with Gasteiger partial charge in [-0.3, -0.25) is 9.69 Å². The van der Waals surface area contributed by atoms with E-state index in [2.05, 4.69) is 14.9 Å². The fourth-order valence-electron chi connectivity index (χ4n) is 3.18. The average Bonchev–Trinajstić information content (AvgIpc) is 3.28. The van der Waals surface area contributed by atoms with Crippen molar-refractivity contribution >= 4 is 16.9 Å². The number of rotatable bonds is 5. The zero-order valence-electron chi connectivity index (χ0n) is 15.1. The Morgan fingerprint density at radius 2 is 2.15 bits per heavy atom. The lowest BCUT2D eigenvalue weighted by Crippen LogP contribution is -2.35. The molecule has 8 heteroatoms. The standard InChI is InChI=1S/C19H21FN4O3/c1-23(11-18-21-16-3-2-14(20)9-17(16)22-18)19(25)13-8-15(27-12-13)10-24-4-6-26-7-5-24/h2-3,8-9,12H,4-7,10-11H2,1H3,(H,21,22). The van der Waals surface area contributed by atoms with Crippen LogP contribution in [0.5, 0.6) is 0 Å². The van der Waals surface area contributed by atoms with E-state index in [-0.39, 0.29) is 11.7 Å². The Morgan fingerprint density at radius 1 is 1.33 bits per heavy atom. The zero-order valence-corrected chi connectivity index (χ0v) is 15.1. The Kier molecular flexibility index (Phi) is 4.91. The van der Waals surface area contributed by atoms with E-state index in [0.29, 0.717) is 35.5 Å². The summed E-state index contributed by atoms with van der Waals surface area (Å²) in [6.45, 7) is 4.11. The molecule has 1 N–H and O–H groups in total. The van der Waals surface area contributed by atoms with E-state index in [1.165, 1.54) is 18.4 Å². The number of halogens is 1. The third kappa shape index (κ3) is 4.01. The molecule has 1 aromatic carbocycles. The van der Waals surface area contributed by atoms with Gasteiger partial charge in [0.15, 0.2) is 0 Å². The van der Waals surface area contributed by atoms with Crippen LogP contribution in [-0.2, 0) is 17.8 Å². The number of morpholine rings is 1. The molecule has 7 nitrogen and oxygen atoms in total. The number of H-pyrrole nitrogens is 1. The van der Waals surface area contributed by atoms with Gasteiger partial charge in [-0.15, -0.1) is 0 Å². The molecule has 1 aliphatic heterocycles. The normalized spacial score (nSPS) is 15.3. The second kappa shape index (κ2) is 7.50. The molecule has 0 aliphatic carbocycles. The first kappa shape index (κ1) is 17.7. The SMILES string of the molecule is CN(Cc1nc2ccc(F)cc2[nH]1)C(=O)c1coc(CN2CCOCC2)c1. The van der Waals surface area contributed by atoms with Crippen molar-refractivity contribution in [2.75, 3.05) is 33.4 Å². The van der Waals surface area contributed by atoms with Gasteiger partial charge in [0.1, 0.15) is 23.7 Å². The summed E-state index contributed by atoms with van der Waals surface area (Å²) in [7, 11) is 1.70. The van der Waals surface area contributed by atoms with Crippen LogP contribution in [0.4, 0.5) is 4.39 Å². The molecule has 142 valence electrons. The zero-order chi connectivity index (χ0) is 18.8. The minimum atomic E-state index is -0.326. The van der Waals surface area contributed by atoms with Gasteiger partial charge in [0.2, 0.25) is 0 Å². The first-order valence-electron chi connectivity index (χ1n) is 8.85. The molecule has 0 saturated carbocycles. The molecule has 0 radical (unpaired) electrons. The molecular weight excluding hydrogens is 351 g/mol. The molecule has 0 bridgehead atoms. The molecular formula is C19H21FN4O3. The molecule has 2 aromatic heterocycles. The van der Waals surface area contributed by atoms with Gasteiger partial charge in [0, 0.05) is 20.1 Å². The second-order valence-electron chi connectivity index (χ2n) is 6.70. The highest BCUT2D eigenvalue weighted by molar-refractivity contribution is 5.93. The summed E-state index contributed by atoms with van der Waals surface area (Å²) in [6, 6.07) is 6.15. The fraction of sp³-hybridized carbons (Fsp3) is 0.368. The summed E-state index contributed by atoms with van der Waals surface area (Å²) in [6.07, 6.45) is 1.49. The van der Waals surface area contributed by atoms with E-state index in [9.17, 15) is 9.18 Å². The van der Waals surface area contributed by atoms with Crippen molar-refractivity contribution in [2.45, 2.75) is 13.1 Å². The monoisotopic (exact) mass is 372 g/mol. The number of furan rings is 1. The summed E-state index contributed by atoms with van der Waals surface area (Å²) >= 11 is 0. The van der Waals surface area contributed by atoms with Crippen LogP contribution in [0.25, 0.3) is 11.0 Å². The lowest BCUT2D eigenvalue weighted by molar-refractivity contribution is 0.0313. The van der Waals surface area contributed by atoms with Crippen molar-refractivity contribution in [3.63, 3.8) is 0 Å². The molecule has 1 amide bonds. The van der Waals surface area contributed by atoms with Gasteiger partial charge < -0.3 is 19.0 Å². The highest BCUT2D eigenvalue weighted by Gasteiger charge is 2.18. The Hall–Kier alpha value is -2.71. The smallest absolute Gasteiger partial charge is 0.257 e. The fourth-order valence-corrected chi connectivity index (χ4v) is 3.18. The van der Waals surface area contributed by atoms with Crippen molar-refractivity contribution in [1.29, 1.82) is 0 Å². The Balaban J connectivity index is 1.40. The van der Waals surface area contributed by atoms with Crippen LogP contribution >= 0.6 is 0 Å². The van der Waals surface area contributed by atoms with Crippen molar-refractivity contribution in [3.8, 4) is 0 Å². The van der Waals surface area contributed by atoms with Gasteiger partial charge in [-0.05, 0) is 24.3 Å². The number of hydrogen-bond acceptors (Lipinski definition) is 5. The molecule has 1 aliphatic rings. The van der Waals surface area contributed by atoms with E-state index in [1.807, 2.05) is 0 Å². The van der Waals surface area contributed by atoms with Gasteiger partial charge >= 0.3 is 0 Å². The van der Waals surface area contributed by atoms with E-state index in [1.54, 1.807) is 24.1 Å². The molecule has 0 atom stereocenters. The van der Waals surface area contributed by atoms with Crippen molar-refractivity contribution in [2.24, 2.45) is 0 Å². The predicted octanol–water partition coefficient (Wildman–Crippen LogP) is 2.40. The number of aromatic amines is 1. The molecule has 1 saturated heterocycles. The Labute approximate surface area is 155 Å². The number of imidazole rings is 1. The highest BCUT2D eigenvalue weighted by Crippen LogP contribution is 2.16. The van der Waals surface area contributed by atoms with Gasteiger partial charge in [-0.2, -0.15) is 0 Å². The quantitative estimate of drug-likeness (QED) is 0.744. The number of carbonyl (C=O) groups excluding carboxylic acids is 1. The van der Waals surface area contributed by atoms with Crippen LogP contribution in [0.3, 0.4) is 0 Å². The van der Waals surface area contributed by atoms with E-state index >= 15 is 0 Å². The first-order valence-corrected chi connectivity index (χ1v) is 8.85. The topological polar surface area (TPSA) is 74.6 Å². The molecule has 3 heterocycles. The number of fused-ring (bicyclic) bond motifs is 1. The van der Waals surface area contributed by atoms with Gasteiger partial charge in [0.05, 0.1) is 42.9 Å². The summed E-state index contributed by atoms with van der Waals surface area (Å²) in [4.78, 5) is 23.9. The average molecular weight is 372 g/mol. The van der Waals surface area contributed by atoms with Crippen LogP contribution < -0.4 is 0 Å². The number of ether oxygens (including phenoxy) is 1. The molecule has 0 unspecified atom stereocenters. The second-order valence-corrected chi connectivity index (χ2v) is 6.70. The van der Waals surface area contributed by atoms with Crippen LogP contribution in [0.15, 0.2) is 34.9 Å².